The van der Waals surface area contributed by atoms with Gasteiger partial charge in [-0.25, -0.2) is 4.98 Å². The summed E-state index contributed by atoms with van der Waals surface area (Å²) in [6, 6.07) is 7.97. The zero-order chi connectivity index (χ0) is 15.1. The van der Waals surface area contributed by atoms with Crippen LogP contribution in [0.25, 0.3) is 0 Å². The van der Waals surface area contributed by atoms with Crippen molar-refractivity contribution in [1.29, 1.82) is 0 Å². The predicted molar refractivity (Wildman–Crippen MR) is 85.5 cm³/mol. The number of rotatable bonds is 7. The van der Waals surface area contributed by atoms with Gasteiger partial charge in [-0.2, -0.15) is 0 Å². The van der Waals surface area contributed by atoms with Gasteiger partial charge in [0.2, 0.25) is 5.91 Å². The molecular formula is C16H22N4O. The monoisotopic (exact) mass is 286 g/mol. The molecular weight excluding hydrogens is 264 g/mol. The molecule has 0 unspecified atom stereocenters. The van der Waals surface area contributed by atoms with Gasteiger partial charge in [-0.1, -0.05) is 0 Å². The number of amides is 1. The van der Waals surface area contributed by atoms with E-state index in [2.05, 4.69) is 34.0 Å². The van der Waals surface area contributed by atoms with Crippen LogP contribution in [0.2, 0.25) is 0 Å². The lowest BCUT2D eigenvalue weighted by atomic mass is 10.2. The second kappa shape index (κ2) is 7.47. The van der Waals surface area contributed by atoms with Gasteiger partial charge in [0.05, 0.1) is 6.33 Å². The number of carbonyl (C=O) groups is 1. The molecule has 0 aliphatic heterocycles. The molecule has 2 rings (SSSR count). The minimum atomic E-state index is 0.0141. The maximum atomic E-state index is 11.9. The van der Waals surface area contributed by atoms with Crippen LogP contribution < -0.4 is 10.2 Å². The Balaban J connectivity index is 1.86. The van der Waals surface area contributed by atoms with Crippen molar-refractivity contribution in [3.05, 3.63) is 42.5 Å². The number of aromatic amines is 1. The second-order valence-electron chi connectivity index (χ2n) is 4.84. The number of hydrogen-bond acceptors (Lipinski definition) is 3. The quantitative estimate of drug-likeness (QED) is 0.822. The minimum absolute atomic E-state index is 0.0141. The number of imidazole rings is 1. The Morgan fingerprint density at radius 1 is 1.24 bits per heavy atom. The van der Waals surface area contributed by atoms with Crippen LogP contribution in [0.4, 0.5) is 11.4 Å². The van der Waals surface area contributed by atoms with Gasteiger partial charge in [-0.05, 0) is 44.5 Å². The van der Waals surface area contributed by atoms with E-state index in [-0.39, 0.29) is 5.91 Å². The summed E-state index contributed by atoms with van der Waals surface area (Å²) in [5, 5.41) is 2.91. The van der Waals surface area contributed by atoms with Gasteiger partial charge in [0.15, 0.2) is 0 Å². The molecule has 0 aliphatic rings. The van der Waals surface area contributed by atoms with Crippen LogP contribution in [-0.2, 0) is 11.2 Å². The maximum Gasteiger partial charge on any atom is 0.224 e. The fourth-order valence-electron chi connectivity index (χ4n) is 2.24. The van der Waals surface area contributed by atoms with Crippen LogP contribution >= 0.6 is 0 Å². The van der Waals surface area contributed by atoms with Crippen molar-refractivity contribution >= 4 is 17.3 Å². The molecule has 0 fully saturated rings. The summed E-state index contributed by atoms with van der Waals surface area (Å²) in [5.41, 5.74) is 2.98. The average molecular weight is 286 g/mol. The smallest absolute Gasteiger partial charge is 0.224 e. The van der Waals surface area contributed by atoms with Crippen molar-refractivity contribution in [2.45, 2.75) is 26.7 Å². The highest BCUT2D eigenvalue weighted by molar-refractivity contribution is 5.91. The standard InChI is InChI=1S/C16H22N4O/c1-3-20(4-2)15-8-5-13(6-9-15)19-16(21)10-7-14-11-17-12-18-14/h5-6,8-9,11-12H,3-4,7,10H2,1-2H3,(H,17,18)(H,19,21). The SMILES string of the molecule is CCN(CC)c1ccc(NC(=O)CCc2cnc[nH]2)cc1. The Bertz CT molecular complexity index is 544. The molecule has 0 radical (unpaired) electrons. The number of benzene rings is 1. The third kappa shape index (κ3) is 4.34. The Kier molecular flexibility index (Phi) is 5.37. The number of nitrogens with one attached hydrogen (secondary N) is 2. The highest BCUT2D eigenvalue weighted by Crippen LogP contribution is 2.17. The lowest BCUT2D eigenvalue weighted by Gasteiger charge is -2.21. The van der Waals surface area contributed by atoms with Gasteiger partial charge in [-0.15, -0.1) is 0 Å². The molecule has 0 spiro atoms. The Morgan fingerprint density at radius 2 is 1.95 bits per heavy atom. The third-order valence-electron chi connectivity index (χ3n) is 3.46. The van der Waals surface area contributed by atoms with E-state index in [4.69, 9.17) is 0 Å². The van der Waals surface area contributed by atoms with E-state index in [9.17, 15) is 4.79 Å². The molecule has 5 nitrogen and oxygen atoms in total. The molecule has 0 bridgehead atoms. The number of carbonyl (C=O) groups excluding carboxylic acids is 1. The highest BCUT2D eigenvalue weighted by Gasteiger charge is 2.05. The van der Waals surface area contributed by atoms with E-state index in [0.29, 0.717) is 12.8 Å². The number of hydrogen-bond donors (Lipinski definition) is 2. The molecule has 112 valence electrons. The van der Waals surface area contributed by atoms with Crippen molar-refractivity contribution in [2.24, 2.45) is 0 Å². The van der Waals surface area contributed by atoms with Gasteiger partial charge >= 0.3 is 0 Å². The predicted octanol–water partition coefficient (Wildman–Crippen LogP) is 2.83. The number of aryl methyl sites for hydroxylation is 1. The van der Waals surface area contributed by atoms with E-state index in [0.717, 1.165) is 24.5 Å². The Morgan fingerprint density at radius 3 is 2.52 bits per heavy atom. The maximum absolute atomic E-state index is 11.9. The summed E-state index contributed by atoms with van der Waals surface area (Å²) >= 11 is 0. The molecule has 2 N–H and O–H groups in total. The molecule has 0 saturated heterocycles. The molecule has 1 aromatic heterocycles. The minimum Gasteiger partial charge on any atom is -0.372 e. The molecule has 0 aliphatic carbocycles. The molecule has 1 heterocycles. The van der Waals surface area contributed by atoms with E-state index < -0.39 is 0 Å². The first kappa shape index (κ1) is 15.1. The molecule has 1 aromatic carbocycles. The lowest BCUT2D eigenvalue weighted by molar-refractivity contribution is -0.116. The van der Waals surface area contributed by atoms with Crippen LogP contribution in [0, 0.1) is 0 Å². The average Bonchev–Trinajstić information content (AvgIpc) is 3.01. The van der Waals surface area contributed by atoms with Gasteiger partial charge < -0.3 is 15.2 Å². The number of anilines is 2. The first-order chi connectivity index (χ1) is 10.2. The fourth-order valence-corrected chi connectivity index (χ4v) is 2.24. The molecule has 21 heavy (non-hydrogen) atoms. The number of nitrogens with zero attached hydrogens (tertiary/aromatic N) is 2. The fraction of sp³-hybridized carbons (Fsp3) is 0.375. The van der Waals surface area contributed by atoms with Gasteiger partial charge in [-0.3, -0.25) is 4.79 Å². The zero-order valence-electron chi connectivity index (χ0n) is 12.6. The van der Waals surface area contributed by atoms with Gasteiger partial charge in [0, 0.05) is 42.8 Å². The van der Waals surface area contributed by atoms with Crippen molar-refractivity contribution < 1.29 is 4.79 Å². The molecule has 5 heteroatoms. The van der Waals surface area contributed by atoms with Crippen molar-refractivity contribution in [2.75, 3.05) is 23.3 Å². The highest BCUT2D eigenvalue weighted by atomic mass is 16.1. The van der Waals surface area contributed by atoms with Crippen LogP contribution in [0.5, 0.6) is 0 Å². The van der Waals surface area contributed by atoms with Crippen LogP contribution in [0.15, 0.2) is 36.8 Å². The molecule has 0 atom stereocenters. The summed E-state index contributed by atoms with van der Waals surface area (Å²) in [4.78, 5) is 21.1. The largest absolute Gasteiger partial charge is 0.372 e. The van der Waals surface area contributed by atoms with Crippen LogP contribution in [0.1, 0.15) is 26.0 Å². The summed E-state index contributed by atoms with van der Waals surface area (Å²) in [6.45, 7) is 6.22. The Hall–Kier alpha value is -2.30. The summed E-state index contributed by atoms with van der Waals surface area (Å²) in [5.74, 6) is 0.0141. The van der Waals surface area contributed by atoms with Gasteiger partial charge in [0.25, 0.3) is 0 Å². The van der Waals surface area contributed by atoms with E-state index in [1.807, 2.05) is 24.3 Å². The molecule has 0 saturated carbocycles. The van der Waals surface area contributed by atoms with Crippen LogP contribution in [0.3, 0.4) is 0 Å². The molecule has 1 amide bonds. The van der Waals surface area contributed by atoms with Crippen molar-refractivity contribution in [3.8, 4) is 0 Å². The number of aromatic nitrogens is 2. The lowest BCUT2D eigenvalue weighted by Crippen LogP contribution is -2.21. The van der Waals surface area contributed by atoms with E-state index in [1.165, 1.54) is 5.69 Å². The second-order valence-corrected chi connectivity index (χ2v) is 4.84. The summed E-state index contributed by atoms with van der Waals surface area (Å²) < 4.78 is 0. The first-order valence-electron chi connectivity index (χ1n) is 7.35. The first-order valence-corrected chi connectivity index (χ1v) is 7.35. The van der Waals surface area contributed by atoms with Gasteiger partial charge in [0.1, 0.15) is 0 Å². The van der Waals surface area contributed by atoms with Crippen molar-refractivity contribution in [1.82, 2.24) is 9.97 Å². The van der Waals surface area contributed by atoms with Crippen LogP contribution in [-0.4, -0.2) is 29.0 Å². The third-order valence-corrected chi connectivity index (χ3v) is 3.46. The summed E-state index contributed by atoms with van der Waals surface area (Å²) in [6.07, 6.45) is 4.48. The number of H-pyrrole nitrogens is 1. The topological polar surface area (TPSA) is 61.0 Å². The zero-order valence-corrected chi connectivity index (χ0v) is 12.6. The molecule has 2 aromatic rings. The van der Waals surface area contributed by atoms with Crippen molar-refractivity contribution in [3.63, 3.8) is 0 Å². The normalized spacial score (nSPS) is 10.4. The Labute approximate surface area is 125 Å². The van der Waals surface area contributed by atoms with E-state index >= 15 is 0 Å². The summed E-state index contributed by atoms with van der Waals surface area (Å²) in [7, 11) is 0. The van der Waals surface area contributed by atoms with E-state index in [1.54, 1.807) is 12.5 Å².